The summed E-state index contributed by atoms with van der Waals surface area (Å²) in [6.07, 6.45) is 0.950. The summed E-state index contributed by atoms with van der Waals surface area (Å²) >= 11 is 1.33. The topological polar surface area (TPSA) is 95.9 Å². The van der Waals surface area contributed by atoms with Crippen molar-refractivity contribution in [3.8, 4) is 0 Å². The molecular formula is C26H22NNaO5S. The molecule has 0 radical (unpaired) electrons. The summed E-state index contributed by atoms with van der Waals surface area (Å²) < 4.78 is 5.73. The van der Waals surface area contributed by atoms with Crippen LogP contribution in [0.1, 0.15) is 55.8 Å². The first kappa shape index (κ1) is 26.2. The van der Waals surface area contributed by atoms with Crippen LogP contribution in [-0.4, -0.2) is 23.2 Å². The van der Waals surface area contributed by atoms with Crippen molar-refractivity contribution in [2.75, 3.05) is 0 Å². The van der Waals surface area contributed by atoms with Crippen molar-refractivity contribution in [2.24, 2.45) is 4.99 Å². The normalized spacial score (nSPS) is 12.5. The second kappa shape index (κ2) is 11.8. The number of Topliss-reactive ketones (excluding diaryl/α,β-unsaturated/α-hetero) is 2. The smallest absolute Gasteiger partial charge is 0.545 e. The van der Waals surface area contributed by atoms with Crippen LogP contribution in [0.15, 0.2) is 58.9 Å². The fraction of sp³-hybridized carbons (Fsp3) is 0.231. The van der Waals surface area contributed by atoms with Crippen LogP contribution >= 0.6 is 11.3 Å². The molecule has 0 aliphatic carbocycles. The van der Waals surface area contributed by atoms with Crippen molar-refractivity contribution in [3.63, 3.8) is 0 Å². The van der Waals surface area contributed by atoms with E-state index >= 15 is 0 Å². The number of carboxylic acid groups (broad SMARTS) is 1. The number of hydrogen-bond donors (Lipinski definition) is 0. The van der Waals surface area contributed by atoms with Gasteiger partial charge in [0.25, 0.3) is 0 Å². The number of nitrogens with zero attached hydrogens (tertiary/aromatic N) is 1. The van der Waals surface area contributed by atoms with Gasteiger partial charge in [0.2, 0.25) is 0 Å². The van der Waals surface area contributed by atoms with Crippen molar-refractivity contribution >= 4 is 39.6 Å². The van der Waals surface area contributed by atoms with Gasteiger partial charge in [-0.15, -0.1) is 11.3 Å². The molecule has 0 saturated heterocycles. The average molecular weight is 484 g/mol. The van der Waals surface area contributed by atoms with Crippen LogP contribution in [-0.2, 0) is 29.2 Å². The summed E-state index contributed by atoms with van der Waals surface area (Å²) in [6, 6.07) is 14.3. The molecule has 6 nitrogen and oxygen atoms in total. The van der Waals surface area contributed by atoms with Crippen molar-refractivity contribution in [1.29, 1.82) is 0 Å². The van der Waals surface area contributed by atoms with E-state index in [9.17, 15) is 19.5 Å². The van der Waals surface area contributed by atoms with Crippen LogP contribution in [0.25, 0.3) is 0 Å². The first-order valence-corrected chi connectivity index (χ1v) is 11.5. The molecule has 0 atom stereocenters. The summed E-state index contributed by atoms with van der Waals surface area (Å²) in [7, 11) is 0. The van der Waals surface area contributed by atoms with Crippen LogP contribution in [0.3, 0.4) is 0 Å². The summed E-state index contributed by atoms with van der Waals surface area (Å²) in [6.45, 7) is 2.52. The Morgan fingerprint density at radius 2 is 1.85 bits per heavy atom. The quantitative estimate of drug-likeness (QED) is 0.423. The Hall–Kier alpha value is -2.42. The van der Waals surface area contributed by atoms with Crippen molar-refractivity contribution in [2.45, 2.75) is 39.4 Å². The molecule has 0 fully saturated rings. The first-order chi connectivity index (χ1) is 15.9. The maximum atomic E-state index is 12.8. The first-order valence-electron chi connectivity index (χ1n) is 10.6. The average Bonchev–Trinajstić information content (AvgIpc) is 3.21. The number of benzene rings is 2. The predicted octanol–water partition coefficient (Wildman–Crippen LogP) is 1.00. The van der Waals surface area contributed by atoms with E-state index in [1.165, 1.54) is 23.5 Å². The number of carbonyl (C=O) groups excluding carboxylic acids is 3. The molecule has 0 amide bonds. The molecule has 168 valence electrons. The zero-order chi connectivity index (χ0) is 23.4. The van der Waals surface area contributed by atoms with Crippen molar-refractivity contribution < 1.29 is 53.8 Å². The molecule has 3 aromatic rings. The molecule has 0 saturated carbocycles. The molecule has 4 rings (SSSR count). The molecule has 34 heavy (non-hydrogen) atoms. The maximum absolute atomic E-state index is 12.8. The SMILES string of the molecule is Cc1cccc(CCC(=O)C2=Nc3scc(COCc4ccc(C(=O)[O-])cc4)c3C(=O)C2)c1.[Na+]. The van der Waals surface area contributed by atoms with Gasteiger partial charge in [0.15, 0.2) is 11.6 Å². The number of fused-ring (bicyclic) bond motifs is 1. The fourth-order valence-electron chi connectivity index (χ4n) is 3.72. The molecular weight excluding hydrogens is 461 g/mol. The standard InChI is InChI=1S/C26H23NO5S.Na/c1-16-3-2-4-17(11-16)7-10-22(28)21-12-23(29)24-20(15-33-25(24)27-21)14-32-13-18-5-8-19(9-6-18)26(30)31;/h2-6,8-9,11,15H,7,10,12-14H2,1H3,(H,30,31);/q;+1/p-1. The summed E-state index contributed by atoms with van der Waals surface area (Å²) in [5, 5.41) is 13.2. The number of thiophene rings is 1. The molecule has 0 bridgehead atoms. The summed E-state index contributed by atoms with van der Waals surface area (Å²) in [4.78, 5) is 40.8. The molecule has 2 aromatic carbocycles. The van der Waals surface area contributed by atoms with E-state index in [1.54, 1.807) is 12.1 Å². The van der Waals surface area contributed by atoms with Gasteiger partial charge >= 0.3 is 29.6 Å². The van der Waals surface area contributed by atoms with Gasteiger partial charge < -0.3 is 14.6 Å². The van der Waals surface area contributed by atoms with Crippen molar-refractivity contribution in [3.05, 3.63) is 87.3 Å². The number of carboxylic acids is 1. The van der Waals surface area contributed by atoms with Gasteiger partial charge in [-0.3, -0.25) is 9.59 Å². The molecule has 1 aliphatic heterocycles. The largest absolute Gasteiger partial charge is 1.00 e. The Kier molecular flexibility index (Phi) is 9.10. The van der Waals surface area contributed by atoms with Gasteiger partial charge in [-0.25, -0.2) is 4.99 Å². The van der Waals surface area contributed by atoms with E-state index < -0.39 is 5.97 Å². The van der Waals surface area contributed by atoms with E-state index in [4.69, 9.17) is 4.74 Å². The number of aryl methyl sites for hydroxylation is 2. The Morgan fingerprint density at radius 3 is 2.56 bits per heavy atom. The number of aliphatic imine (C=N–C) groups is 1. The summed E-state index contributed by atoms with van der Waals surface area (Å²) in [5.74, 6) is -1.43. The van der Waals surface area contributed by atoms with Gasteiger partial charge in [0.1, 0.15) is 5.00 Å². The van der Waals surface area contributed by atoms with E-state index in [1.807, 2.05) is 30.5 Å². The van der Waals surface area contributed by atoms with E-state index in [0.29, 0.717) is 29.1 Å². The Balaban J connectivity index is 0.00000324. The second-order valence-electron chi connectivity index (χ2n) is 7.99. The fourth-order valence-corrected chi connectivity index (χ4v) is 4.68. The van der Waals surface area contributed by atoms with Crippen LogP contribution in [0.4, 0.5) is 5.00 Å². The molecule has 1 aromatic heterocycles. The Morgan fingerprint density at radius 1 is 1.09 bits per heavy atom. The van der Waals surface area contributed by atoms with E-state index in [-0.39, 0.29) is 66.3 Å². The van der Waals surface area contributed by atoms with Gasteiger partial charge in [0.05, 0.1) is 36.9 Å². The molecule has 0 unspecified atom stereocenters. The number of rotatable bonds is 9. The third-order valence-electron chi connectivity index (χ3n) is 5.45. The number of ketones is 2. The zero-order valence-corrected chi connectivity index (χ0v) is 21.9. The Bertz CT molecular complexity index is 1250. The van der Waals surface area contributed by atoms with Crippen molar-refractivity contribution in [1.82, 2.24) is 0 Å². The van der Waals surface area contributed by atoms with Crippen LogP contribution < -0.4 is 34.7 Å². The Labute approximate surface area is 224 Å². The zero-order valence-electron chi connectivity index (χ0n) is 19.1. The van der Waals surface area contributed by atoms with Gasteiger partial charge in [-0.05, 0) is 35.4 Å². The van der Waals surface area contributed by atoms with Gasteiger partial charge in [-0.1, -0.05) is 54.1 Å². The van der Waals surface area contributed by atoms with Crippen LogP contribution in [0.2, 0.25) is 0 Å². The molecule has 2 heterocycles. The number of hydrogen-bond acceptors (Lipinski definition) is 7. The minimum Gasteiger partial charge on any atom is -0.545 e. The third kappa shape index (κ3) is 6.37. The molecule has 8 heteroatoms. The second-order valence-corrected chi connectivity index (χ2v) is 8.85. The minimum atomic E-state index is -1.22. The molecule has 1 aliphatic rings. The van der Waals surface area contributed by atoms with E-state index in [2.05, 4.69) is 11.1 Å². The molecule has 0 N–H and O–H groups in total. The molecule has 0 spiro atoms. The van der Waals surface area contributed by atoms with Gasteiger partial charge in [-0.2, -0.15) is 0 Å². The number of ether oxygens (including phenoxy) is 1. The summed E-state index contributed by atoms with van der Waals surface area (Å²) in [5.41, 5.74) is 4.77. The monoisotopic (exact) mass is 483 g/mol. The third-order valence-corrected chi connectivity index (χ3v) is 6.37. The van der Waals surface area contributed by atoms with Gasteiger partial charge in [0, 0.05) is 12.0 Å². The van der Waals surface area contributed by atoms with E-state index in [0.717, 1.165) is 22.3 Å². The number of aromatic carboxylic acids is 1. The minimum absolute atomic E-state index is 0. The maximum Gasteiger partial charge on any atom is 1.00 e. The van der Waals surface area contributed by atoms with Crippen LogP contribution in [0, 0.1) is 6.92 Å². The predicted molar refractivity (Wildman–Crippen MR) is 124 cm³/mol. The number of carbonyl (C=O) groups is 3. The van der Waals surface area contributed by atoms with Crippen LogP contribution in [0.5, 0.6) is 0 Å².